The number of hydrogen-bond acceptors (Lipinski definition) is 6. The molecule has 0 bridgehead atoms. The van der Waals surface area contributed by atoms with Crippen molar-refractivity contribution in [3.63, 3.8) is 0 Å². The van der Waals surface area contributed by atoms with Gasteiger partial charge >= 0.3 is 5.97 Å². The van der Waals surface area contributed by atoms with Crippen LogP contribution in [-0.2, 0) is 20.7 Å². The van der Waals surface area contributed by atoms with Crippen LogP contribution < -0.4 is 4.74 Å². The van der Waals surface area contributed by atoms with E-state index in [1.165, 1.54) is 0 Å². The lowest BCUT2D eigenvalue weighted by Gasteiger charge is -2.08. The average Bonchev–Trinajstić information content (AvgIpc) is 3.07. The minimum atomic E-state index is -0.852. The third kappa shape index (κ3) is 4.33. The topological polar surface area (TPSA) is 98.4 Å². The number of Topliss-reactive ketones (excluding diaryl/α,β-unsaturated/α-hetero) is 1. The first-order valence-electron chi connectivity index (χ1n) is 9.84. The van der Waals surface area contributed by atoms with E-state index in [9.17, 15) is 14.4 Å². The highest BCUT2D eigenvalue weighted by atomic mass is 16.5. The second-order valence-corrected chi connectivity index (χ2v) is 6.92. The van der Waals surface area contributed by atoms with Crippen LogP contribution in [-0.4, -0.2) is 35.9 Å². The predicted octanol–water partition coefficient (Wildman–Crippen LogP) is 3.58. The number of benzene rings is 2. The molecule has 0 atom stereocenters. The fourth-order valence-corrected chi connectivity index (χ4v) is 3.54. The molecule has 0 radical (unpaired) electrons. The van der Waals surface area contributed by atoms with Crippen molar-refractivity contribution in [3.8, 4) is 11.8 Å². The molecule has 3 rings (SSSR count). The Bertz CT molecular complexity index is 1200. The fraction of sp³-hybridized carbons (Fsp3) is 0.250. The molecule has 0 fully saturated rings. The number of ether oxygens (including phenoxy) is 2. The molecule has 158 valence electrons. The third-order valence-electron chi connectivity index (χ3n) is 5.11. The van der Waals surface area contributed by atoms with E-state index >= 15 is 0 Å². The molecular weight excluding hydrogens is 396 g/mol. The van der Waals surface area contributed by atoms with E-state index in [0.29, 0.717) is 28.1 Å². The van der Waals surface area contributed by atoms with Crippen LogP contribution in [0, 0.1) is 18.3 Å². The van der Waals surface area contributed by atoms with Crippen molar-refractivity contribution in [3.05, 3.63) is 64.8 Å². The molecule has 0 spiro atoms. The number of aromatic nitrogens is 1. The molecule has 1 aromatic heterocycles. The van der Waals surface area contributed by atoms with Gasteiger partial charge in [0.15, 0.2) is 0 Å². The second kappa shape index (κ2) is 9.26. The van der Waals surface area contributed by atoms with Gasteiger partial charge in [-0.2, -0.15) is 5.26 Å². The molecule has 31 heavy (non-hydrogen) atoms. The number of nitriles is 1. The summed E-state index contributed by atoms with van der Waals surface area (Å²) in [7, 11) is 1.55. The van der Waals surface area contributed by atoms with Crippen molar-refractivity contribution < 1.29 is 23.9 Å². The molecule has 0 saturated carbocycles. The van der Waals surface area contributed by atoms with Gasteiger partial charge in [-0.15, -0.1) is 0 Å². The van der Waals surface area contributed by atoms with Gasteiger partial charge < -0.3 is 9.47 Å². The zero-order valence-electron chi connectivity index (χ0n) is 17.6. The standard InChI is InChI=1S/C24H22N2O5/c1-4-31-24(29)22(27)12-10-19-15(2)26(21-11-9-18(30-3)13-20(19)21)23(28)17-7-5-16(14-25)6-8-17/h5-9,11,13H,4,10,12H2,1-3H3. The largest absolute Gasteiger partial charge is 0.497 e. The number of hydrogen-bond donors (Lipinski definition) is 0. The Labute approximate surface area is 179 Å². The van der Waals surface area contributed by atoms with Gasteiger partial charge in [0.25, 0.3) is 5.91 Å². The highest BCUT2D eigenvalue weighted by Gasteiger charge is 2.22. The Hall–Kier alpha value is -3.92. The van der Waals surface area contributed by atoms with Crippen molar-refractivity contribution >= 4 is 28.6 Å². The number of nitrogens with zero attached hydrogens (tertiary/aromatic N) is 2. The molecule has 3 aromatic rings. The SMILES string of the molecule is CCOC(=O)C(=O)CCc1c(C)n(C(=O)c2ccc(C#N)cc2)c2ccc(OC)cc12. The maximum Gasteiger partial charge on any atom is 0.374 e. The lowest BCUT2D eigenvalue weighted by Crippen LogP contribution is -2.18. The van der Waals surface area contributed by atoms with Crippen molar-refractivity contribution in [1.29, 1.82) is 5.26 Å². The molecule has 7 heteroatoms. The van der Waals surface area contributed by atoms with Crippen LogP contribution in [0.1, 0.15) is 40.5 Å². The van der Waals surface area contributed by atoms with E-state index in [1.807, 2.05) is 12.1 Å². The summed E-state index contributed by atoms with van der Waals surface area (Å²) >= 11 is 0. The smallest absolute Gasteiger partial charge is 0.374 e. The van der Waals surface area contributed by atoms with Gasteiger partial charge in [0, 0.05) is 23.1 Å². The van der Waals surface area contributed by atoms with Gasteiger partial charge in [-0.3, -0.25) is 14.2 Å². The summed E-state index contributed by atoms with van der Waals surface area (Å²) in [5, 5.41) is 9.76. The number of rotatable bonds is 7. The lowest BCUT2D eigenvalue weighted by atomic mass is 10.0. The highest BCUT2D eigenvalue weighted by molar-refractivity contribution is 6.33. The average molecular weight is 418 g/mol. The fourth-order valence-electron chi connectivity index (χ4n) is 3.54. The Morgan fingerprint density at radius 3 is 2.42 bits per heavy atom. The van der Waals surface area contributed by atoms with Gasteiger partial charge in [0.05, 0.1) is 30.9 Å². The van der Waals surface area contributed by atoms with Crippen LogP contribution >= 0.6 is 0 Å². The summed E-state index contributed by atoms with van der Waals surface area (Å²) in [6.45, 7) is 3.58. The maximum atomic E-state index is 13.3. The Morgan fingerprint density at radius 1 is 1.10 bits per heavy atom. The van der Waals surface area contributed by atoms with E-state index in [2.05, 4.69) is 0 Å². The number of ketones is 1. The molecule has 0 aliphatic rings. The summed E-state index contributed by atoms with van der Waals surface area (Å²) in [6, 6.07) is 13.8. The summed E-state index contributed by atoms with van der Waals surface area (Å²) in [4.78, 5) is 37.1. The summed E-state index contributed by atoms with van der Waals surface area (Å²) in [6.07, 6.45) is 0.252. The van der Waals surface area contributed by atoms with Crippen molar-refractivity contribution in [1.82, 2.24) is 4.57 Å². The quantitative estimate of drug-likeness (QED) is 0.430. The summed E-state index contributed by atoms with van der Waals surface area (Å²) < 4.78 is 11.7. The van der Waals surface area contributed by atoms with Crippen molar-refractivity contribution in [2.75, 3.05) is 13.7 Å². The minimum absolute atomic E-state index is 0.0267. The van der Waals surface area contributed by atoms with Gasteiger partial charge in [-0.25, -0.2) is 4.79 Å². The van der Waals surface area contributed by atoms with Crippen LogP contribution in [0.2, 0.25) is 0 Å². The number of carbonyl (C=O) groups excluding carboxylic acids is 3. The van der Waals surface area contributed by atoms with Gasteiger partial charge in [0.1, 0.15) is 5.75 Å². The second-order valence-electron chi connectivity index (χ2n) is 6.92. The number of carbonyl (C=O) groups is 3. The monoisotopic (exact) mass is 418 g/mol. The van der Waals surface area contributed by atoms with E-state index in [1.54, 1.807) is 61.9 Å². The van der Waals surface area contributed by atoms with E-state index in [0.717, 1.165) is 10.9 Å². The molecule has 2 aromatic carbocycles. The van der Waals surface area contributed by atoms with Gasteiger partial charge in [0.2, 0.25) is 5.78 Å². The number of fused-ring (bicyclic) bond motifs is 1. The van der Waals surface area contributed by atoms with Crippen LogP contribution in [0.3, 0.4) is 0 Å². The molecule has 0 unspecified atom stereocenters. The van der Waals surface area contributed by atoms with E-state index in [-0.39, 0.29) is 25.4 Å². The summed E-state index contributed by atoms with van der Waals surface area (Å²) in [5.74, 6) is -1.09. The molecule has 1 heterocycles. The molecule has 0 aliphatic carbocycles. The molecule has 0 saturated heterocycles. The van der Waals surface area contributed by atoms with Gasteiger partial charge in [-0.05, 0) is 68.3 Å². The molecular formula is C24H22N2O5. The molecule has 7 nitrogen and oxygen atoms in total. The Kier molecular flexibility index (Phi) is 6.51. The van der Waals surface area contributed by atoms with Crippen LogP contribution in [0.5, 0.6) is 5.75 Å². The third-order valence-corrected chi connectivity index (χ3v) is 5.11. The number of methoxy groups -OCH3 is 1. The predicted molar refractivity (Wildman–Crippen MR) is 114 cm³/mol. The molecule has 0 aliphatic heterocycles. The molecule has 0 N–H and O–H groups in total. The molecule has 0 amide bonds. The van der Waals surface area contributed by atoms with Crippen LogP contribution in [0.15, 0.2) is 42.5 Å². The van der Waals surface area contributed by atoms with E-state index < -0.39 is 11.8 Å². The summed E-state index contributed by atoms with van der Waals surface area (Å²) in [5.41, 5.74) is 3.03. The first-order chi connectivity index (χ1) is 14.9. The van der Waals surface area contributed by atoms with E-state index in [4.69, 9.17) is 14.7 Å². The lowest BCUT2D eigenvalue weighted by molar-refractivity contribution is -0.153. The maximum absolute atomic E-state index is 13.3. The van der Waals surface area contributed by atoms with Crippen molar-refractivity contribution in [2.45, 2.75) is 26.7 Å². The number of aryl methyl sites for hydroxylation is 1. The van der Waals surface area contributed by atoms with Crippen LogP contribution in [0.4, 0.5) is 0 Å². The zero-order chi connectivity index (χ0) is 22.5. The van der Waals surface area contributed by atoms with Gasteiger partial charge in [-0.1, -0.05) is 0 Å². The van der Waals surface area contributed by atoms with Crippen molar-refractivity contribution in [2.24, 2.45) is 0 Å². The normalized spacial score (nSPS) is 10.5. The Morgan fingerprint density at radius 2 is 1.81 bits per heavy atom. The van der Waals surface area contributed by atoms with Crippen LogP contribution in [0.25, 0.3) is 10.9 Å². The highest BCUT2D eigenvalue weighted by Crippen LogP contribution is 2.31. The number of esters is 1. The first-order valence-corrected chi connectivity index (χ1v) is 9.84. The first kappa shape index (κ1) is 21.8. The zero-order valence-corrected chi connectivity index (χ0v) is 17.6. The Balaban J connectivity index is 2.05. The minimum Gasteiger partial charge on any atom is -0.497 e.